The van der Waals surface area contributed by atoms with Gasteiger partial charge >= 0.3 is 0 Å². The molecule has 5 aromatic rings. The zero-order valence-corrected chi connectivity index (χ0v) is 18.3. The second-order valence-electron chi connectivity index (χ2n) is 7.75. The molecule has 0 fully saturated rings. The van der Waals surface area contributed by atoms with Gasteiger partial charge in [-0.15, -0.1) is 0 Å². The number of ether oxygens (including phenoxy) is 2. The molecule has 0 unspecified atom stereocenters. The van der Waals surface area contributed by atoms with Gasteiger partial charge < -0.3 is 14.0 Å². The van der Waals surface area contributed by atoms with Crippen molar-refractivity contribution in [3.63, 3.8) is 0 Å². The SMILES string of the molecule is COc1cc2c(-c3ccccc3)c(-c3ccccc3)n(Cc3ccccc3)c2cc1OC. The molecule has 0 saturated heterocycles. The fourth-order valence-corrected chi connectivity index (χ4v) is 4.40. The number of hydrogen-bond acceptors (Lipinski definition) is 2. The van der Waals surface area contributed by atoms with Crippen molar-refractivity contribution in [3.05, 3.63) is 109 Å². The topological polar surface area (TPSA) is 23.4 Å². The highest BCUT2D eigenvalue weighted by atomic mass is 16.5. The van der Waals surface area contributed by atoms with E-state index in [0.717, 1.165) is 28.9 Å². The quantitative estimate of drug-likeness (QED) is 0.295. The monoisotopic (exact) mass is 419 g/mol. The Hall–Kier alpha value is -3.98. The van der Waals surface area contributed by atoms with Crippen molar-refractivity contribution in [1.82, 2.24) is 4.57 Å². The second-order valence-corrected chi connectivity index (χ2v) is 7.75. The van der Waals surface area contributed by atoms with Crippen molar-refractivity contribution in [2.45, 2.75) is 6.54 Å². The molecule has 0 bridgehead atoms. The summed E-state index contributed by atoms with van der Waals surface area (Å²) in [6.07, 6.45) is 0. The standard InChI is InChI=1S/C29H25NO2/c1-31-26-18-24-25(19-27(26)32-2)30(20-21-12-6-3-7-13-21)29(23-16-10-5-11-17-23)28(24)22-14-8-4-9-15-22/h3-19H,20H2,1-2H3. The van der Waals surface area contributed by atoms with Crippen molar-refractivity contribution in [2.75, 3.05) is 14.2 Å². The fourth-order valence-electron chi connectivity index (χ4n) is 4.40. The molecule has 5 rings (SSSR count). The molecule has 0 amide bonds. The number of rotatable bonds is 6. The van der Waals surface area contributed by atoms with E-state index in [1.807, 2.05) is 0 Å². The first kappa shape index (κ1) is 20.0. The Morgan fingerprint density at radius 2 is 1.16 bits per heavy atom. The van der Waals surface area contributed by atoms with Crippen LogP contribution >= 0.6 is 0 Å². The molecule has 0 N–H and O–H groups in total. The van der Waals surface area contributed by atoms with Crippen molar-refractivity contribution < 1.29 is 9.47 Å². The van der Waals surface area contributed by atoms with Crippen LogP contribution in [-0.2, 0) is 6.54 Å². The van der Waals surface area contributed by atoms with E-state index in [4.69, 9.17) is 9.47 Å². The van der Waals surface area contributed by atoms with Crippen LogP contribution in [0.5, 0.6) is 11.5 Å². The summed E-state index contributed by atoms with van der Waals surface area (Å²) >= 11 is 0. The zero-order valence-electron chi connectivity index (χ0n) is 18.3. The van der Waals surface area contributed by atoms with Crippen LogP contribution in [0.4, 0.5) is 0 Å². The first-order valence-electron chi connectivity index (χ1n) is 10.7. The van der Waals surface area contributed by atoms with E-state index >= 15 is 0 Å². The highest BCUT2D eigenvalue weighted by molar-refractivity contribution is 6.05. The van der Waals surface area contributed by atoms with Crippen LogP contribution < -0.4 is 9.47 Å². The van der Waals surface area contributed by atoms with E-state index in [-0.39, 0.29) is 0 Å². The summed E-state index contributed by atoms with van der Waals surface area (Å²) in [6, 6.07) is 35.9. The Bertz CT molecular complexity index is 1340. The number of nitrogens with zero attached hydrogens (tertiary/aromatic N) is 1. The van der Waals surface area contributed by atoms with E-state index in [2.05, 4.69) is 108 Å². The molecule has 3 nitrogen and oxygen atoms in total. The maximum atomic E-state index is 5.67. The fraction of sp³-hybridized carbons (Fsp3) is 0.103. The van der Waals surface area contributed by atoms with Crippen LogP contribution in [0, 0.1) is 0 Å². The molecular weight excluding hydrogens is 394 g/mol. The van der Waals surface area contributed by atoms with Gasteiger partial charge in [0.05, 0.1) is 25.4 Å². The van der Waals surface area contributed by atoms with E-state index in [1.54, 1.807) is 14.2 Å². The summed E-state index contributed by atoms with van der Waals surface area (Å²) in [5, 5.41) is 1.14. The lowest BCUT2D eigenvalue weighted by molar-refractivity contribution is 0.355. The summed E-state index contributed by atoms with van der Waals surface area (Å²) in [5.74, 6) is 1.46. The third-order valence-electron chi connectivity index (χ3n) is 5.86. The van der Waals surface area contributed by atoms with Gasteiger partial charge in [0.1, 0.15) is 0 Å². The number of hydrogen-bond donors (Lipinski definition) is 0. The number of aromatic nitrogens is 1. The van der Waals surface area contributed by atoms with Gasteiger partial charge in [-0.3, -0.25) is 0 Å². The van der Waals surface area contributed by atoms with E-state index < -0.39 is 0 Å². The summed E-state index contributed by atoms with van der Waals surface area (Å²) in [7, 11) is 3.37. The predicted octanol–water partition coefficient (Wildman–Crippen LogP) is 7.04. The van der Waals surface area contributed by atoms with Crippen LogP contribution in [0.1, 0.15) is 5.56 Å². The lowest BCUT2D eigenvalue weighted by atomic mass is 9.98. The normalized spacial score (nSPS) is 10.9. The van der Waals surface area contributed by atoms with Gasteiger partial charge in [0.15, 0.2) is 11.5 Å². The molecule has 3 heteroatoms. The van der Waals surface area contributed by atoms with E-state index in [9.17, 15) is 0 Å². The maximum absolute atomic E-state index is 5.67. The molecule has 1 heterocycles. The molecule has 0 radical (unpaired) electrons. The van der Waals surface area contributed by atoms with Crippen LogP contribution in [0.3, 0.4) is 0 Å². The minimum absolute atomic E-state index is 0.728. The van der Waals surface area contributed by atoms with Crippen LogP contribution in [0.25, 0.3) is 33.3 Å². The lowest BCUT2D eigenvalue weighted by Crippen LogP contribution is -2.02. The summed E-state index contributed by atoms with van der Waals surface area (Å²) in [4.78, 5) is 0. The van der Waals surface area contributed by atoms with Crippen molar-refractivity contribution in [1.29, 1.82) is 0 Å². The Kier molecular flexibility index (Phi) is 5.39. The largest absolute Gasteiger partial charge is 0.493 e. The number of methoxy groups -OCH3 is 2. The molecule has 32 heavy (non-hydrogen) atoms. The van der Waals surface area contributed by atoms with Gasteiger partial charge in [0.2, 0.25) is 0 Å². The van der Waals surface area contributed by atoms with Gasteiger partial charge in [-0.2, -0.15) is 0 Å². The molecule has 0 aliphatic rings. The van der Waals surface area contributed by atoms with Crippen LogP contribution in [0.15, 0.2) is 103 Å². The minimum Gasteiger partial charge on any atom is -0.493 e. The smallest absolute Gasteiger partial charge is 0.162 e. The Morgan fingerprint density at radius 1 is 0.625 bits per heavy atom. The first-order valence-corrected chi connectivity index (χ1v) is 10.7. The van der Waals surface area contributed by atoms with Crippen molar-refractivity contribution in [2.24, 2.45) is 0 Å². The zero-order chi connectivity index (χ0) is 21.9. The Labute approximate surface area is 188 Å². The van der Waals surface area contributed by atoms with Gasteiger partial charge in [-0.1, -0.05) is 91.0 Å². The van der Waals surface area contributed by atoms with Gasteiger partial charge in [0.25, 0.3) is 0 Å². The third kappa shape index (κ3) is 3.52. The molecule has 158 valence electrons. The number of benzene rings is 4. The van der Waals surface area contributed by atoms with Crippen LogP contribution in [0.2, 0.25) is 0 Å². The first-order chi connectivity index (χ1) is 15.8. The highest BCUT2D eigenvalue weighted by Gasteiger charge is 2.22. The average molecular weight is 420 g/mol. The molecule has 1 aromatic heterocycles. The summed E-state index contributed by atoms with van der Waals surface area (Å²) < 4.78 is 13.7. The maximum Gasteiger partial charge on any atom is 0.162 e. The predicted molar refractivity (Wildman–Crippen MR) is 131 cm³/mol. The minimum atomic E-state index is 0.728. The van der Waals surface area contributed by atoms with Crippen molar-refractivity contribution >= 4 is 10.9 Å². The van der Waals surface area contributed by atoms with Gasteiger partial charge in [-0.25, -0.2) is 0 Å². The molecule has 0 aliphatic heterocycles. The Balaban J connectivity index is 1.90. The van der Waals surface area contributed by atoms with E-state index in [0.29, 0.717) is 0 Å². The van der Waals surface area contributed by atoms with Crippen molar-refractivity contribution in [3.8, 4) is 33.9 Å². The van der Waals surface area contributed by atoms with Gasteiger partial charge in [-0.05, 0) is 22.8 Å². The van der Waals surface area contributed by atoms with Gasteiger partial charge in [0, 0.05) is 23.6 Å². The molecule has 0 saturated carbocycles. The van der Waals surface area contributed by atoms with E-state index in [1.165, 1.54) is 27.9 Å². The number of fused-ring (bicyclic) bond motifs is 1. The highest BCUT2D eigenvalue weighted by Crippen LogP contribution is 2.45. The molecule has 0 spiro atoms. The molecular formula is C29H25NO2. The molecule has 0 aliphatic carbocycles. The Morgan fingerprint density at radius 3 is 1.75 bits per heavy atom. The second kappa shape index (κ2) is 8.64. The summed E-state index contributed by atoms with van der Waals surface area (Å²) in [5.41, 5.74) is 7.10. The van der Waals surface area contributed by atoms with Crippen LogP contribution in [-0.4, -0.2) is 18.8 Å². The average Bonchev–Trinajstić information content (AvgIpc) is 3.17. The molecule has 4 aromatic carbocycles. The molecule has 0 atom stereocenters. The summed E-state index contributed by atoms with van der Waals surface area (Å²) in [6.45, 7) is 0.754. The third-order valence-corrected chi connectivity index (χ3v) is 5.86. The lowest BCUT2D eigenvalue weighted by Gasteiger charge is -2.14.